The molecule has 1 saturated heterocycles. The minimum atomic E-state index is 0.272. The highest BCUT2D eigenvalue weighted by atomic mass is 16.2. The Kier molecular flexibility index (Phi) is 6.65. The van der Waals surface area contributed by atoms with E-state index in [0.717, 1.165) is 18.9 Å². The molecule has 1 unspecified atom stereocenters. The monoisotopic (exact) mass is 255 g/mol. The van der Waals surface area contributed by atoms with Crippen LogP contribution in [0.1, 0.15) is 32.6 Å². The van der Waals surface area contributed by atoms with E-state index < -0.39 is 0 Å². The molecule has 1 heterocycles. The third-order valence-corrected chi connectivity index (χ3v) is 4.02. The van der Waals surface area contributed by atoms with Crippen LogP contribution < -0.4 is 5.73 Å². The molecule has 0 aromatic rings. The zero-order chi connectivity index (χ0) is 13.5. The molecular formula is C14H29N3O. The second-order valence-electron chi connectivity index (χ2n) is 5.90. The van der Waals surface area contributed by atoms with Crippen molar-refractivity contribution in [2.75, 3.05) is 40.3 Å². The Morgan fingerprint density at radius 3 is 2.61 bits per heavy atom. The Labute approximate surface area is 111 Å². The molecule has 0 saturated carbocycles. The Balaban J connectivity index is 2.20. The molecule has 1 fully saturated rings. The zero-order valence-electron chi connectivity index (χ0n) is 12.2. The van der Waals surface area contributed by atoms with Gasteiger partial charge in [-0.1, -0.05) is 6.92 Å². The molecule has 4 nitrogen and oxygen atoms in total. The molecule has 1 aliphatic rings. The van der Waals surface area contributed by atoms with Gasteiger partial charge in [-0.3, -0.25) is 4.79 Å². The molecule has 2 N–H and O–H groups in total. The number of piperidine rings is 1. The predicted molar refractivity (Wildman–Crippen MR) is 75.3 cm³/mol. The van der Waals surface area contributed by atoms with Gasteiger partial charge in [-0.25, -0.2) is 0 Å². The largest absolute Gasteiger partial charge is 0.345 e. The maximum Gasteiger partial charge on any atom is 0.222 e. The summed E-state index contributed by atoms with van der Waals surface area (Å²) in [6.07, 6.45) is 4.23. The summed E-state index contributed by atoms with van der Waals surface area (Å²) in [6.45, 7) is 5.87. The molecule has 1 atom stereocenters. The van der Waals surface area contributed by atoms with Crippen molar-refractivity contribution in [2.45, 2.75) is 32.6 Å². The first-order valence-electron chi connectivity index (χ1n) is 7.15. The number of hydrogen-bond acceptors (Lipinski definition) is 3. The maximum absolute atomic E-state index is 12.0. The summed E-state index contributed by atoms with van der Waals surface area (Å²) in [5, 5.41) is 0. The Morgan fingerprint density at radius 1 is 1.44 bits per heavy atom. The smallest absolute Gasteiger partial charge is 0.222 e. The van der Waals surface area contributed by atoms with Crippen molar-refractivity contribution in [1.82, 2.24) is 9.80 Å². The number of nitrogens with two attached hydrogens (primary N) is 1. The maximum atomic E-state index is 12.0. The average molecular weight is 255 g/mol. The number of likely N-dealkylation sites (tertiary alicyclic amines) is 1. The molecule has 1 amide bonds. The van der Waals surface area contributed by atoms with E-state index in [0.29, 0.717) is 18.9 Å². The van der Waals surface area contributed by atoms with E-state index in [4.69, 9.17) is 5.73 Å². The second kappa shape index (κ2) is 7.74. The summed E-state index contributed by atoms with van der Waals surface area (Å²) in [5.74, 6) is 1.40. The van der Waals surface area contributed by atoms with Crippen molar-refractivity contribution in [3.05, 3.63) is 0 Å². The quantitative estimate of drug-likeness (QED) is 0.775. The van der Waals surface area contributed by atoms with E-state index in [1.54, 1.807) is 0 Å². The standard InChI is InChI=1S/C14H29N3O/c1-12(10-15)11-17(3)14(18)5-4-13-6-8-16(2)9-7-13/h12-13H,4-11,15H2,1-3H3. The minimum Gasteiger partial charge on any atom is -0.345 e. The van der Waals surface area contributed by atoms with Crippen molar-refractivity contribution in [1.29, 1.82) is 0 Å². The van der Waals surface area contributed by atoms with Crippen LogP contribution in [0.2, 0.25) is 0 Å². The molecule has 106 valence electrons. The molecule has 1 aliphatic heterocycles. The van der Waals surface area contributed by atoms with Crippen LogP contribution in [-0.2, 0) is 4.79 Å². The predicted octanol–water partition coefficient (Wildman–Crippen LogP) is 1.16. The van der Waals surface area contributed by atoms with Gasteiger partial charge in [0, 0.05) is 20.0 Å². The highest BCUT2D eigenvalue weighted by Gasteiger charge is 2.19. The van der Waals surface area contributed by atoms with Crippen molar-refractivity contribution in [2.24, 2.45) is 17.6 Å². The van der Waals surface area contributed by atoms with Gasteiger partial charge in [0.05, 0.1) is 0 Å². The molecule has 0 spiro atoms. The van der Waals surface area contributed by atoms with E-state index in [2.05, 4.69) is 18.9 Å². The molecular weight excluding hydrogens is 226 g/mol. The normalized spacial score (nSPS) is 19.8. The number of carbonyl (C=O) groups is 1. The molecule has 1 rings (SSSR count). The number of hydrogen-bond donors (Lipinski definition) is 1. The van der Waals surface area contributed by atoms with E-state index in [1.165, 1.54) is 25.9 Å². The van der Waals surface area contributed by atoms with Crippen molar-refractivity contribution in [3.8, 4) is 0 Å². The Bertz CT molecular complexity index is 249. The lowest BCUT2D eigenvalue weighted by molar-refractivity contribution is -0.130. The number of rotatable bonds is 6. The van der Waals surface area contributed by atoms with Gasteiger partial charge in [0.15, 0.2) is 0 Å². The van der Waals surface area contributed by atoms with Crippen molar-refractivity contribution >= 4 is 5.91 Å². The molecule has 0 bridgehead atoms. The lowest BCUT2D eigenvalue weighted by Crippen LogP contribution is -2.34. The molecule has 4 heteroatoms. The summed E-state index contributed by atoms with van der Waals surface area (Å²) in [6, 6.07) is 0. The van der Waals surface area contributed by atoms with Gasteiger partial charge in [-0.2, -0.15) is 0 Å². The average Bonchev–Trinajstić information content (AvgIpc) is 2.37. The minimum absolute atomic E-state index is 0.272. The fraction of sp³-hybridized carbons (Fsp3) is 0.929. The van der Waals surface area contributed by atoms with Gasteiger partial charge >= 0.3 is 0 Å². The molecule has 18 heavy (non-hydrogen) atoms. The summed E-state index contributed by atoms with van der Waals surface area (Å²) in [5.41, 5.74) is 5.58. The van der Waals surface area contributed by atoms with E-state index in [9.17, 15) is 4.79 Å². The van der Waals surface area contributed by atoms with Crippen LogP contribution in [0.5, 0.6) is 0 Å². The van der Waals surface area contributed by atoms with Gasteiger partial charge < -0.3 is 15.5 Å². The SMILES string of the molecule is CC(CN)CN(C)C(=O)CCC1CCN(C)CC1. The van der Waals surface area contributed by atoms with E-state index in [-0.39, 0.29) is 5.91 Å². The Morgan fingerprint density at radius 2 is 2.06 bits per heavy atom. The van der Waals surface area contributed by atoms with Crippen molar-refractivity contribution in [3.63, 3.8) is 0 Å². The third-order valence-electron chi connectivity index (χ3n) is 4.02. The topological polar surface area (TPSA) is 49.6 Å². The fourth-order valence-corrected chi connectivity index (χ4v) is 2.51. The number of carbonyl (C=O) groups excluding carboxylic acids is 1. The lowest BCUT2D eigenvalue weighted by Gasteiger charge is -2.29. The van der Waals surface area contributed by atoms with Gasteiger partial charge in [-0.05, 0) is 57.8 Å². The first-order chi connectivity index (χ1) is 8.52. The van der Waals surface area contributed by atoms with Crippen LogP contribution in [0.25, 0.3) is 0 Å². The second-order valence-corrected chi connectivity index (χ2v) is 5.90. The van der Waals surface area contributed by atoms with Crippen LogP contribution in [0, 0.1) is 11.8 Å². The first kappa shape index (κ1) is 15.4. The molecule has 0 aromatic heterocycles. The summed E-state index contributed by atoms with van der Waals surface area (Å²) in [4.78, 5) is 16.2. The third kappa shape index (κ3) is 5.36. The molecule has 0 aliphatic carbocycles. The van der Waals surface area contributed by atoms with Gasteiger partial charge in [0.2, 0.25) is 5.91 Å². The highest BCUT2D eigenvalue weighted by Crippen LogP contribution is 2.21. The fourth-order valence-electron chi connectivity index (χ4n) is 2.51. The van der Waals surface area contributed by atoms with Crippen LogP contribution in [0.15, 0.2) is 0 Å². The summed E-state index contributed by atoms with van der Waals surface area (Å²) < 4.78 is 0. The van der Waals surface area contributed by atoms with Gasteiger partial charge in [-0.15, -0.1) is 0 Å². The van der Waals surface area contributed by atoms with Gasteiger partial charge in [0.25, 0.3) is 0 Å². The highest BCUT2D eigenvalue weighted by molar-refractivity contribution is 5.75. The van der Waals surface area contributed by atoms with Crippen molar-refractivity contribution < 1.29 is 4.79 Å². The van der Waals surface area contributed by atoms with Gasteiger partial charge in [0.1, 0.15) is 0 Å². The summed E-state index contributed by atoms with van der Waals surface area (Å²) >= 11 is 0. The first-order valence-corrected chi connectivity index (χ1v) is 7.15. The number of nitrogens with zero attached hydrogens (tertiary/aromatic N) is 2. The number of amides is 1. The van der Waals surface area contributed by atoms with Crippen LogP contribution in [-0.4, -0.2) is 56.0 Å². The van der Waals surface area contributed by atoms with Crippen LogP contribution in [0.3, 0.4) is 0 Å². The Hall–Kier alpha value is -0.610. The zero-order valence-corrected chi connectivity index (χ0v) is 12.2. The van der Waals surface area contributed by atoms with E-state index >= 15 is 0 Å². The summed E-state index contributed by atoms with van der Waals surface area (Å²) in [7, 11) is 4.06. The van der Waals surface area contributed by atoms with Crippen LogP contribution >= 0.6 is 0 Å². The van der Waals surface area contributed by atoms with E-state index in [1.807, 2.05) is 11.9 Å². The van der Waals surface area contributed by atoms with Crippen LogP contribution in [0.4, 0.5) is 0 Å². The molecule has 0 radical (unpaired) electrons. The molecule has 0 aromatic carbocycles. The lowest BCUT2D eigenvalue weighted by atomic mass is 9.92.